The summed E-state index contributed by atoms with van der Waals surface area (Å²) in [6.45, 7) is 1.60. The van der Waals surface area contributed by atoms with Gasteiger partial charge in [-0.25, -0.2) is 0 Å². The van der Waals surface area contributed by atoms with Crippen LogP contribution >= 0.6 is 23.4 Å². The molecule has 0 spiro atoms. The van der Waals surface area contributed by atoms with E-state index in [4.69, 9.17) is 11.6 Å². The van der Waals surface area contributed by atoms with Crippen molar-refractivity contribution in [1.29, 1.82) is 0 Å². The van der Waals surface area contributed by atoms with Crippen LogP contribution in [0.3, 0.4) is 0 Å². The Morgan fingerprint density at radius 2 is 1.95 bits per heavy atom. The fraction of sp³-hybridized carbons (Fsp3) is 0.417. The van der Waals surface area contributed by atoms with Gasteiger partial charge in [-0.2, -0.15) is 13.2 Å². The normalized spacial score (nSPS) is 13.1. The molecule has 1 aromatic rings. The van der Waals surface area contributed by atoms with E-state index >= 15 is 0 Å². The topological polar surface area (TPSA) is 26.3 Å². The van der Waals surface area contributed by atoms with E-state index in [0.717, 1.165) is 0 Å². The molecule has 0 saturated carbocycles. The second-order valence-electron chi connectivity index (χ2n) is 3.63. The first-order chi connectivity index (χ1) is 8.81. The van der Waals surface area contributed by atoms with Gasteiger partial charge >= 0.3 is 11.5 Å². The fourth-order valence-corrected chi connectivity index (χ4v) is 2.29. The van der Waals surface area contributed by atoms with Gasteiger partial charge in [-0.1, -0.05) is 23.7 Å². The van der Waals surface area contributed by atoms with Gasteiger partial charge in [-0.3, -0.25) is 4.79 Å². The zero-order valence-corrected chi connectivity index (χ0v) is 11.6. The molecule has 1 aromatic carbocycles. The van der Waals surface area contributed by atoms with Crippen LogP contribution in [0.1, 0.15) is 12.5 Å². The Morgan fingerprint density at radius 1 is 1.37 bits per heavy atom. The summed E-state index contributed by atoms with van der Waals surface area (Å²) in [5, 5.41) is -0.818. The zero-order valence-electron chi connectivity index (χ0n) is 10.0. The first-order valence-electron chi connectivity index (χ1n) is 5.47. The molecule has 0 amide bonds. The minimum absolute atomic E-state index is 0.0500. The highest BCUT2D eigenvalue weighted by atomic mass is 35.5. The Labute approximate surface area is 118 Å². The number of alkyl halides is 3. The van der Waals surface area contributed by atoms with Crippen LogP contribution < -0.4 is 0 Å². The van der Waals surface area contributed by atoms with E-state index in [0.29, 0.717) is 10.6 Å². The molecule has 0 bridgehead atoms. The lowest BCUT2D eigenvalue weighted by Gasteiger charge is -2.16. The highest BCUT2D eigenvalue weighted by Gasteiger charge is 2.37. The van der Waals surface area contributed by atoms with Crippen molar-refractivity contribution in [3.05, 3.63) is 34.9 Å². The molecule has 106 valence electrons. The zero-order chi connectivity index (χ0) is 14.5. The van der Waals surface area contributed by atoms with E-state index in [1.807, 2.05) is 0 Å². The molecule has 1 unspecified atom stereocenters. The fourth-order valence-electron chi connectivity index (χ4n) is 1.40. The van der Waals surface area contributed by atoms with Gasteiger partial charge in [0.1, 0.15) is 5.25 Å². The lowest BCUT2D eigenvalue weighted by molar-refractivity contribution is -0.142. The van der Waals surface area contributed by atoms with Gasteiger partial charge < -0.3 is 4.74 Å². The Bertz CT molecular complexity index is 420. The third-order valence-electron chi connectivity index (χ3n) is 2.16. The molecule has 0 aliphatic carbocycles. The summed E-state index contributed by atoms with van der Waals surface area (Å²) in [7, 11) is 0. The first kappa shape index (κ1) is 16.2. The number of benzene rings is 1. The average Bonchev–Trinajstić information content (AvgIpc) is 2.30. The number of hydrogen-bond acceptors (Lipinski definition) is 3. The van der Waals surface area contributed by atoms with Crippen LogP contribution in [0.5, 0.6) is 0 Å². The van der Waals surface area contributed by atoms with Gasteiger partial charge in [0.05, 0.1) is 6.61 Å². The molecule has 0 N–H and O–H groups in total. The summed E-state index contributed by atoms with van der Waals surface area (Å²) in [4.78, 5) is 11.5. The minimum Gasteiger partial charge on any atom is -0.465 e. The molecule has 0 radical (unpaired) electrons. The predicted molar refractivity (Wildman–Crippen MR) is 69.2 cm³/mol. The second-order valence-corrected chi connectivity index (χ2v) is 5.34. The number of carbonyl (C=O) groups is 1. The predicted octanol–water partition coefficient (Wildman–Crippen LogP) is 4.07. The summed E-state index contributed by atoms with van der Waals surface area (Å²) < 4.78 is 41.9. The van der Waals surface area contributed by atoms with E-state index in [1.165, 1.54) is 0 Å². The molecule has 19 heavy (non-hydrogen) atoms. The monoisotopic (exact) mass is 312 g/mol. The molecular weight excluding hydrogens is 301 g/mol. The van der Waals surface area contributed by atoms with Crippen LogP contribution in [0.15, 0.2) is 24.3 Å². The van der Waals surface area contributed by atoms with Crippen molar-refractivity contribution in [3.63, 3.8) is 0 Å². The second kappa shape index (κ2) is 7.05. The number of ether oxygens (including phenoxy) is 1. The van der Waals surface area contributed by atoms with Crippen LogP contribution in [-0.4, -0.2) is 23.3 Å². The van der Waals surface area contributed by atoms with Gasteiger partial charge in [0, 0.05) is 5.02 Å². The van der Waals surface area contributed by atoms with E-state index in [2.05, 4.69) is 4.74 Å². The maximum Gasteiger partial charge on any atom is 0.442 e. The summed E-state index contributed by atoms with van der Waals surface area (Å²) in [6, 6.07) is 6.31. The van der Waals surface area contributed by atoms with E-state index < -0.39 is 16.7 Å². The molecule has 2 nitrogen and oxygen atoms in total. The minimum atomic E-state index is -4.48. The molecule has 1 rings (SSSR count). The van der Waals surface area contributed by atoms with Crippen molar-refractivity contribution in [1.82, 2.24) is 0 Å². The highest BCUT2D eigenvalue weighted by molar-refractivity contribution is 8.01. The number of esters is 1. The lowest BCUT2D eigenvalue weighted by atomic mass is 10.1. The van der Waals surface area contributed by atoms with Crippen LogP contribution in [0.25, 0.3) is 0 Å². The summed E-state index contributed by atoms with van der Waals surface area (Å²) in [5.74, 6) is -0.861. The van der Waals surface area contributed by atoms with E-state index in [-0.39, 0.29) is 24.8 Å². The van der Waals surface area contributed by atoms with Gasteiger partial charge in [0.15, 0.2) is 0 Å². The Hall–Kier alpha value is -0.880. The SMILES string of the molecule is CCOC(=O)C(Cc1ccc(Cl)cc1)SC(F)(F)F. The number of rotatable bonds is 5. The molecule has 0 aliphatic rings. The van der Waals surface area contributed by atoms with Crippen LogP contribution in [0.4, 0.5) is 13.2 Å². The number of carbonyl (C=O) groups excluding carboxylic acids is 1. The maximum absolute atomic E-state index is 12.4. The Balaban J connectivity index is 2.78. The van der Waals surface area contributed by atoms with Crippen LogP contribution in [0, 0.1) is 0 Å². The number of thioether (sulfide) groups is 1. The van der Waals surface area contributed by atoms with Gasteiger partial charge in [-0.15, -0.1) is 0 Å². The van der Waals surface area contributed by atoms with Crippen molar-refractivity contribution in [2.45, 2.75) is 24.1 Å². The van der Waals surface area contributed by atoms with Gasteiger partial charge in [0.25, 0.3) is 0 Å². The molecule has 0 heterocycles. The maximum atomic E-state index is 12.4. The highest BCUT2D eigenvalue weighted by Crippen LogP contribution is 2.36. The van der Waals surface area contributed by atoms with Gasteiger partial charge in [0.2, 0.25) is 0 Å². The summed E-state index contributed by atoms with van der Waals surface area (Å²) in [6.07, 6.45) is -0.0554. The molecule has 0 aliphatic heterocycles. The average molecular weight is 313 g/mol. The smallest absolute Gasteiger partial charge is 0.442 e. The summed E-state index contributed by atoms with van der Waals surface area (Å²) in [5.41, 5.74) is -3.89. The number of halogens is 4. The standard InChI is InChI=1S/C12H12ClF3O2S/c1-2-18-11(17)10(19-12(14,15)16)7-8-3-5-9(13)6-4-8/h3-6,10H,2,7H2,1H3. The Morgan fingerprint density at radius 3 is 2.42 bits per heavy atom. The molecule has 7 heteroatoms. The van der Waals surface area contributed by atoms with Crippen molar-refractivity contribution in [3.8, 4) is 0 Å². The quantitative estimate of drug-likeness (QED) is 0.767. The lowest BCUT2D eigenvalue weighted by Crippen LogP contribution is -2.26. The number of hydrogen-bond donors (Lipinski definition) is 0. The molecule has 0 fully saturated rings. The molecular formula is C12H12ClF3O2S. The third kappa shape index (κ3) is 6.20. The van der Waals surface area contributed by atoms with Crippen molar-refractivity contribution in [2.75, 3.05) is 6.61 Å². The van der Waals surface area contributed by atoms with E-state index in [1.54, 1.807) is 31.2 Å². The summed E-state index contributed by atoms with van der Waals surface area (Å²) >= 11 is 5.33. The van der Waals surface area contributed by atoms with Crippen molar-refractivity contribution in [2.24, 2.45) is 0 Å². The van der Waals surface area contributed by atoms with Crippen LogP contribution in [-0.2, 0) is 16.0 Å². The largest absolute Gasteiger partial charge is 0.465 e. The molecule has 0 aromatic heterocycles. The molecule has 1 atom stereocenters. The van der Waals surface area contributed by atoms with E-state index in [9.17, 15) is 18.0 Å². The van der Waals surface area contributed by atoms with Crippen molar-refractivity contribution >= 4 is 29.3 Å². The van der Waals surface area contributed by atoms with Crippen molar-refractivity contribution < 1.29 is 22.7 Å². The van der Waals surface area contributed by atoms with Gasteiger partial charge in [-0.05, 0) is 42.8 Å². The molecule has 0 saturated heterocycles. The first-order valence-corrected chi connectivity index (χ1v) is 6.73. The van der Waals surface area contributed by atoms with Crippen LogP contribution in [0.2, 0.25) is 5.02 Å². The third-order valence-corrected chi connectivity index (χ3v) is 3.32. The Kier molecular flexibility index (Phi) is 6.00.